The van der Waals surface area contributed by atoms with E-state index in [-0.39, 0.29) is 5.91 Å². The van der Waals surface area contributed by atoms with Gasteiger partial charge in [-0.3, -0.25) is 4.79 Å². The van der Waals surface area contributed by atoms with E-state index in [0.29, 0.717) is 29.7 Å². The van der Waals surface area contributed by atoms with E-state index in [2.05, 4.69) is 32.1 Å². The first kappa shape index (κ1) is 19.9. The van der Waals surface area contributed by atoms with E-state index in [0.717, 1.165) is 37.4 Å². The van der Waals surface area contributed by atoms with E-state index in [4.69, 9.17) is 9.47 Å². The van der Waals surface area contributed by atoms with E-state index >= 15 is 0 Å². The highest BCUT2D eigenvalue weighted by Crippen LogP contribution is 2.27. The summed E-state index contributed by atoms with van der Waals surface area (Å²) in [5.41, 5.74) is 2.07. The number of aromatic nitrogens is 2. The quantitative estimate of drug-likeness (QED) is 0.807. The van der Waals surface area contributed by atoms with Crippen molar-refractivity contribution in [2.24, 2.45) is 0 Å². The highest BCUT2D eigenvalue weighted by molar-refractivity contribution is 5.92. The number of hydrogen-bond donors (Lipinski definition) is 1. The topological polar surface area (TPSA) is 79.8 Å². The Labute approximate surface area is 165 Å². The van der Waals surface area contributed by atoms with Crippen molar-refractivity contribution in [3.63, 3.8) is 0 Å². The normalized spacial score (nSPS) is 14.6. The summed E-state index contributed by atoms with van der Waals surface area (Å²) in [6.45, 7) is 5.87. The lowest BCUT2D eigenvalue weighted by molar-refractivity contribution is 0.0945. The standard InChI is InChI=1S/C20H27N5O3/c1-14-11-16(23-20(22-14)25-9-7-24(2)8-10-25)19(26)21-13-15-5-6-17(27-3)18(12-15)28-4/h5-6,11-12H,7-10,13H2,1-4H3,(H,21,26). The molecule has 0 saturated carbocycles. The third-order valence-corrected chi connectivity index (χ3v) is 4.76. The molecular weight excluding hydrogens is 358 g/mol. The second-order valence-electron chi connectivity index (χ2n) is 6.86. The number of aryl methyl sites for hydroxylation is 1. The van der Waals surface area contributed by atoms with Gasteiger partial charge in [0.15, 0.2) is 11.5 Å². The number of piperazine rings is 1. The number of methoxy groups -OCH3 is 2. The van der Waals surface area contributed by atoms with Crippen LogP contribution in [0.2, 0.25) is 0 Å². The van der Waals surface area contributed by atoms with Gasteiger partial charge in [0, 0.05) is 38.4 Å². The summed E-state index contributed by atoms with van der Waals surface area (Å²) < 4.78 is 10.5. The maximum atomic E-state index is 12.7. The molecule has 0 aliphatic carbocycles. The molecule has 0 atom stereocenters. The number of rotatable bonds is 6. The maximum Gasteiger partial charge on any atom is 0.270 e. The molecule has 1 N–H and O–H groups in total. The lowest BCUT2D eigenvalue weighted by Gasteiger charge is -2.32. The largest absolute Gasteiger partial charge is 0.493 e. The number of ether oxygens (including phenoxy) is 2. The minimum atomic E-state index is -0.226. The van der Waals surface area contributed by atoms with Gasteiger partial charge in [0.25, 0.3) is 5.91 Å². The fourth-order valence-corrected chi connectivity index (χ4v) is 3.08. The number of hydrogen-bond acceptors (Lipinski definition) is 7. The SMILES string of the molecule is COc1ccc(CNC(=O)c2cc(C)nc(N3CCN(C)CC3)n2)cc1OC. The van der Waals surface area contributed by atoms with Gasteiger partial charge >= 0.3 is 0 Å². The summed E-state index contributed by atoms with van der Waals surface area (Å²) >= 11 is 0. The number of likely N-dealkylation sites (N-methyl/N-ethyl adjacent to an activating group) is 1. The number of nitrogens with zero attached hydrogens (tertiary/aromatic N) is 4. The number of benzene rings is 1. The first-order chi connectivity index (χ1) is 13.5. The van der Waals surface area contributed by atoms with Gasteiger partial charge in [-0.1, -0.05) is 6.07 Å². The summed E-state index contributed by atoms with van der Waals surface area (Å²) in [5, 5.41) is 2.92. The van der Waals surface area contributed by atoms with E-state index in [9.17, 15) is 4.79 Å². The first-order valence-corrected chi connectivity index (χ1v) is 9.28. The van der Waals surface area contributed by atoms with Crippen LogP contribution in [0.25, 0.3) is 0 Å². The zero-order valence-electron chi connectivity index (χ0n) is 16.9. The number of carbonyl (C=O) groups excluding carboxylic acids is 1. The minimum absolute atomic E-state index is 0.226. The Bertz CT molecular complexity index is 835. The zero-order chi connectivity index (χ0) is 20.1. The van der Waals surface area contributed by atoms with Gasteiger partial charge in [-0.15, -0.1) is 0 Å². The van der Waals surface area contributed by atoms with E-state index in [1.807, 2.05) is 25.1 Å². The van der Waals surface area contributed by atoms with Crippen LogP contribution in [0.3, 0.4) is 0 Å². The monoisotopic (exact) mass is 385 g/mol. The minimum Gasteiger partial charge on any atom is -0.493 e. The Kier molecular flexibility index (Phi) is 6.30. The van der Waals surface area contributed by atoms with Crippen LogP contribution < -0.4 is 19.7 Å². The molecule has 0 spiro atoms. The molecule has 1 aromatic heterocycles. The second-order valence-corrected chi connectivity index (χ2v) is 6.86. The van der Waals surface area contributed by atoms with Crippen LogP contribution in [-0.2, 0) is 6.54 Å². The van der Waals surface area contributed by atoms with Crippen molar-refractivity contribution in [1.29, 1.82) is 0 Å². The van der Waals surface area contributed by atoms with Crippen LogP contribution >= 0.6 is 0 Å². The molecule has 28 heavy (non-hydrogen) atoms. The number of amides is 1. The summed E-state index contributed by atoms with van der Waals surface area (Å²) in [7, 11) is 5.28. The molecule has 0 unspecified atom stereocenters. The molecule has 2 heterocycles. The number of nitrogens with one attached hydrogen (secondary N) is 1. The van der Waals surface area contributed by atoms with E-state index in [1.165, 1.54) is 0 Å². The van der Waals surface area contributed by atoms with Crippen LogP contribution in [0.5, 0.6) is 11.5 Å². The van der Waals surface area contributed by atoms with Crippen LogP contribution in [-0.4, -0.2) is 68.2 Å². The molecule has 8 nitrogen and oxygen atoms in total. The third kappa shape index (κ3) is 4.69. The lowest BCUT2D eigenvalue weighted by atomic mass is 10.2. The summed E-state index contributed by atoms with van der Waals surface area (Å²) in [6, 6.07) is 7.27. The van der Waals surface area contributed by atoms with Gasteiger partial charge in [0.1, 0.15) is 5.69 Å². The zero-order valence-corrected chi connectivity index (χ0v) is 16.9. The molecule has 1 aliphatic rings. The highest BCUT2D eigenvalue weighted by Gasteiger charge is 2.19. The predicted octanol–water partition coefficient (Wildman–Crippen LogP) is 1.48. The molecule has 1 fully saturated rings. The van der Waals surface area contributed by atoms with Crippen molar-refractivity contribution in [2.45, 2.75) is 13.5 Å². The fraction of sp³-hybridized carbons (Fsp3) is 0.450. The Hall–Kier alpha value is -2.87. The van der Waals surface area contributed by atoms with Gasteiger partial charge in [0.05, 0.1) is 14.2 Å². The van der Waals surface area contributed by atoms with Crippen molar-refractivity contribution in [3.8, 4) is 11.5 Å². The molecule has 3 rings (SSSR count). The van der Waals surface area contributed by atoms with E-state index < -0.39 is 0 Å². The average Bonchev–Trinajstić information content (AvgIpc) is 2.71. The smallest absolute Gasteiger partial charge is 0.270 e. The Balaban J connectivity index is 1.69. The summed E-state index contributed by atoms with van der Waals surface area (Å²) in [6.07, 6.45) is 0. The van der Waals surface area contributed by atoms with Crippen LogP contribution in [0.4, 0.5) is 5.95 Å². The van der Waals surface area contributed by atoms with Crippen LogP contribution in [0, 0.1) is 6.92 Å². The predicted molar refractivity (Wildman–Crippen MR) is 107 cm³/mol. The highest BCUT2D eigenvalue weighted by atomic mass is 16.5. The van der Waals surface area contributed by atoms with Crippen molar-refractivity contribution in [1.82, 2.24) is 20.2 Å². The molecule has 1 amide bonds. The Morgan fingerprint density at radius 2 is 1.79 bits per heavy atom. The van der Waals surface area contributed by atoms with Crippen molar-refractivity contribution in [2.75, 3.05) is 52.3 Å². The molecule has 1 aliphatic heterocycles. The van der Waals surface area contributed by atoms with Crippen molar-refractivity contribution < 1.29 is 14.3 Å². The molecular formula is C20H27N5O3. The molecule has 1 aromatic carbocycles. The third-order valence-electron chi connectivity index (χ3n) is 4.76. The van der Waals surface area contributed by atoms with Crippen molar-refractivity contribution in [3.05, 3.63) is 41.2 Å². The molecule has 1 saturated heterocycles. The van der Waals surface area contributed by atoms with Gasteiger partial charge < -0.3 is 24.6 Å². The molecule has 8 heteroatoms. The maximum absolute atomic E-state index is 12.7. The summed E-state index contributed by atoms with van der Waals surface area (Å²) in [5.74, 6) is 1.67. The first-order valence-electron chi connectivity index (χ1n) is 9.28. The van der Waals surface area contributed by atoms with Gasteiger partial charge in [-0.25, -0.2) is 9.97 Å². The molecule has 0 bridgehead atoms. The van der Waals surface area contributed by atoms with Crippen LogP contribution in [0.15, 0.2) is 24.3 Å². The fourth-order valence-electron chi connectivity index (χ4n) is 3.08. The molecule has 2 aromatic rings. The molecule has 0 radical (unpaired) electrons. The second kappa shape index (κ2) is 8.88. The Morgan fingerprint density at radius 3 is 2.46 bits per heavy atom. The summed E-state index contributed by atoms with van der Waals surface area (Å²) in [4.78, 5) is 26.0. The van der Waals surface area contributed by atoms with Crippen molar-refractivity contribution >= 4 is 11.9 Å². The van der Waals surface area contributed by atoms with Gasteiger partial charge in [-0.2, -0.15) is 0 Å². The van der Waals surface area contributed by atoms with Gasteiger partial charge in [0.2, 0.25) is 5.95 Å². The average molecular weight is 385 g/mol. The van der Waals surface area contributed by atoms with Gasteiger partial charge in [-0.05, 0) is 37.7 Å². The molecule has 150 valence electrons. The van der Waals surface area contributed by atoms with E-state index in [1.54, 1.807) is 20.3 Å². The van der Waals surface area contributed by atoms with Crippen LogP contribution in [0.1, 0.15) is 21.7 Å². The number of anilines is 1. The lowest BCUT2D eigenvalue weighted by Crippen LogP contribution is -2.45. The number of carbonyl (C=O) groups is 1. The Morgan fingerprint density at radius 1 is 1.07 bits per heavy atom.